The Morgan fingerprint density at radius 2 is 2.29 bits per heavy atom. The van der Waals surface area contributed by atoms with Crippen molar-refractivity contribution in [2.75, 3.05) is 6.54 Å². The molecule has 0 spiro atoms. The smallest absolute Gasteiger partial charge is 0.307 e. The molecule has 4 nitrogen and oxygen atoms in total. The highest BCUT2D eigenvalue weighted by atomic mass is 19.1. The third kappa shape index (κ3) is 2.55. The standard InChI is InChI=1S/C12H14FNO3/c13-9-5-7(6-11(15)16)4-8(12(9)17)10-2-1-3-14-10/h4-5,10,14,17H,1-3,6H2,(H,15,16)/t10-/m1/s1. The molecule has 0 unspecified atom stereocenters. The van der Waals surface area contributed by atoms with E-state index in [1.807, 2.05) is 0 Å². The lowest BCUT2D eigenvalue weighted by atomic mass is 9.99. The number of hydrogen-bond donors (Lipinski definition) is 3. The predicted molar refractivity (Wildman–Crippen MR) is 59.4 cm³/mol. The van der Waals surface area contributed by atoms with E-state index in [9.17, 15) is 14.3 Å². The third-order valence-corrected chi connectivity index (χ3v) is 2.94. The number of carbonyl (C=O) groups is 1. The van der Waals surface area contributed by atoms with Gasteiger partial charge in [0.25, 0.3) is 0 Å². The van der Waals surface area contributed by atoms with Crippen LogP contribution in [0, 0.1) is 5.82 Å². The Hall–Kier alpha value is -1.62. The van der Waals surface area contributed by atoms with Crippen LogP contribution in [0.1, 0.15) is 30.0 Å². The first-order chi connectivity index (χ1) is 8.08. The molecule has 92 valence electrons. The quantitative estimate of drug-likeness (QED) is 0.749. The minimum absolute atomic E-state index is 0.0850. The van der Waals surface area contributed by atoms with Crippen LogP contribution in [0.15, 0.2) is 12.1 Å². The Bertz CT molecular complexity index is 442. The van der Waals surface area contributed by atoms with Crippen LogP contribution in [0.5, 0.6) is 5.75 Å². The van der Waals surface area contributed by atoms with Gasteiger partial charge in [-0.1, -0.05) is 0 Å². The highest BCUT2D eigenvalue weighted by Crippen LogP contribution is 2.33. The molecule has 0 bridgehead atoms. The molecule has 5 heteroatoms. The van der Waals surface area contributed by atoms with Gasteiger partial charge in [0.05, 0.1) is 6.42 Å². The zero-order valence-corrected chi connectivity index (χ0v) is 9.24. The maximum absolute atomic E-state index is 13.5. The van der Waals surface area contributed by atoms with Gasteiger partial charge in [-0.15, -0.1) is 0 Å². The van der Waals surface area contributed by atoms with Crippen molar-refractivity contribution in [3.05, 3.63) is 29.1 Å². The summed E-state index contributed by atoms with van der Waals surface area (Å²) in [6.07, 6.45) is 1.55. The number of phenolic OH excluding ortho intramolecular Hbond substituents is 1. The summed E-state index contributed by atoms with van der Waals surface area (Å²) in [6, 6.07) is 2.55. The van der Waals surface area contributed by atoms with Crippen molar-refractivity contribution in [2.45, 2.75) is 25.3 Å². The lowest BCUT2D eigenvalue weighted by Crippen LogP contribution is -2.14. The molecule has 0 amide bonds. The van der Waals surface area contributed by atoms with Crippen molar-refractivity contribution in [1.29, 1.82) is 0 Å². The normalized spacial score (nSPS) is 19.5. The lowest BCUT2D eigenvalue weighted by molar-refractivity contribution is -0.136. The number of aliphatic carboxylic acids is 1. The van der Waals surface area contributed by atoms with E-state index in [-0.39, 0.29) is 18.2 Å². The number of rotatable bonds is 3. The molecular formula is C12H14FNO3. The predicted octanol–water partition coefficient (Wildman–Crippen LogP) is 1.58. The van der Waals surface area contributed by atoms with Crippen molar-refractivity contribution < 1.29 is 19.4 Å². The Balaban J connectivity index is 2.35. The zero-order chi connectivity index (χ0) is 12.4. The van der Waals surface area contributed by atoms with Crippen LogP contribution in [0.25, 0.3) is 0 Å². The van der Waals surface area contributed by atoms with Gasteiger partial charge in [0, 0.05) is 11.6 Å². The van der Waals surface area contributed by atoms with Crippen molar-refractivity contribution in [3.8, 4) is 5.75 Å². The van der Waals surface area contributed by atoms with Gasteiger partial charge in [-0.2, -0.15) is 0 Å². The number of halogens is 1. The summed E-state index contributed by atoms with van der Waals surface area (Å²) in [5, 5.41) is 21.5. The molecule has 1 aromatic carbocycles. The molecule has 2 rings (SSSR count). The van der Waals surface area contributed by atoms with E-state index in [0.717, 1.165) is 25.5 Å². The average Bonchev–Trinajstić information content (AvgIpc) is 2.75. The summed E-state index contributed by atoms with van der Waals surface area (Å²) < 4.78 is 13.5. The van der Waals surface area contributed by atoms with Crippen molar-refractivity contribution in [1.82, 2.24) is 5.32 Å². The Labute approximate surface area is 98.1 Å². The SMILES string of the molecule is O=C(O)Cc1cc(F)c(O)c([C@H]2CCCN2)c1. The number of nitrogens with one attached hydrogen (secondary N) is 1. The van der Waals surface area contributed by atoms with Gasteiger partial charge >= 0.3 is 5.97 Å². The monoisotopic (exact) mass is 239 g/mol. The molecule has 1 aliphatic heterocycles. The fraction of sp³-hybridized carbons (Fsp3) is 0.417. The van der Waals surface area contributed by atoms with Crippen molar-refractivity contribution in [2.24, 2.45) is 0 Å². The third-order valence-electron chi connectivity index (χ3n) is 2.94. The molecule has 1 saturated heterocycles. The second-order valence-electron chi connectivity index (χ2n) is 4.23. The fourth-order valence-corrected chi connectivity index (χ4v) is 2.17. The van der Waals surface area contributed by atoms with Crippen molar-refractivity contribution in [3.63, 3.8) is 0 Å². The first-order valence-electron chi connectivity index (χ1n) is 5.54. The highest BCUT2D eigenvalue weighted by molar-refractivity contribution is 5.70. The fourth-order valence-electron chi connectivity index (χ4n) is 2.17. The molecule has 1 atom stereocenters. The Morgan fingerprint density at radius 3 is 2.88 bits per heavy atom. The van der Waals surface area contributed by atoms with E-state index in [2.05, 4.69) is 5.32 Å². The van der Waals surface area contributed by atoms with Crippen LogP contribution in [0.3, 0.4) is 0 Å². The molecule has 0 radical (unpaired) electrons. The number of benzene rings is 1. The van der Waals surface area contributed by atoms with Crippen molar-refractivity contribution >= 4 is 5.97 Å². The molecule has 0 aliphatic carbocycles. The van der Waals surface area contributed by atoms with Gasteiger partial charge in [-0.3, -0.25) is 4.79 Å². The number of phenols is 1. The molecule has 1 heterocycles. The van der Waals surface area contributed by atoms with Crippen LogP contribution in [-0.2, 0) is 11.2 Å². The summed E-state index contributed by atoms with van der Waals surface area (Å²) in [4.78, 5) is 10.6. The van der Waals surface area contributed by atoms with E-state index < -0.39 is 11.8 Å². The van der Waals surface area contributed by atoms with E-state index in [1.165, 1.54) is 0 Å². The summed E-state index contributed by atoms with van der Waals surface area (Å²) in [7, 11) is 0. The van der Waals surface area contributed by atoms with Gasteiger partial charge in [0.15, 0.2) is 11.6 Å². The molecule has 1 fully saturated rings. The summed E-state index contributed by atoms with van der Waals surface area (Å²) >= 11 is 0. The van der Waals surface area contributed by atoms with Crippen LogP contribution in [-0.4, -0.2) is 22.7 Å². The minimum atomic E-state index is -1.01. The van der Waals surface area contributed by atoms with E-state index >= 15 is 0 Å². The maximum atomic E-state index is 13.5. The molecule has 0 saturated carbocycles. The summed E-state index contributed by atoms with van der Waals surface area (Å²) in [6.45, 7) is 0.828. The number of hydrogen-bond acceptors (Lipinski definition) is 3. The van der Waals surface area contributed by atoms with Gasteiger partial charge in [-0.25, -0.2) is 4.39 Å². The van der Waals surface area contributed by atoms with Crippen LogP contribution in [0.2, 0.25) is 0 Å². The summed E-state index contributed by atoms with van der Waals surface area (Å²) in [5.74, 6) is -2.15. The van der Waals surface area contributed by atoms with Gasteiger partial charge in [0.1, 0.15) is 0 Å². The first-order valence-corrected chi connectivity index (χ1v) is 5.54. The Kier molecular flexibility index (Phi) is 3.28. The molecule has 1 aliphatic rings. The molecular weight excluding hydrogens is 225 g/mol. The minimum Gasteiger partial charge on any atom is -0.505 e. The Morgan fingerprint density at radius 1 is 1.53 bits per heavy atom. The van der Waals surface area contributed by atoms with Crippen LogP contribution < -0.4 is 5.32 Å². The number of aromatic hydroxyl groups is 1. The molecule has 3 N–H and O–H groups in total. The zero-order valence-electron chi connectivity index (χ0n) is 9.24. The lowest BCUT2D eigenvalue weighted by Gasteiger charge is -2.14. The number of carboxylic acids is 1. The van der Waals surface area contributed by atoms with Crippen LogP contribution >= 0.6 is 0 Å². The second-order valence-corrected chi connectivity index (χ2v) is 4.23. The van der Waals surface area contributed by atoms with Gasteiger partial charge < -0.3 is 15.5 Å². The molecule has 0 aromatic heterocycles. The first kappa shape index (κ1) is 11.9. The van der Waals surface area contributed by atoms with Gasteiger partial charge in [0.2, 0.25) is 0 Å². The summed E-state index contributed by atoms with van der Waals surface area (Å²) in [5.41, 5.74) is 0.829. The van der Waals surface area contributed by atoms with Gasteiger partial charge in [-0.05, 0) is 37.1 Å². The largest absolute Gasteiger partial charge is 0.505 e. The average molecular weight is 239 g/mol. The topological polar surface area (TPSA) is 69.6 Å². The maximum Gasteiger partial charge on any atom is 0.307 e. The van der Waals surface area contributed by atoms with Crippen LogP contribution in [0.4, 0.5) is 4.39 Å². The van der Waals surface area contributed by atoms with E-state index in [0.29, 0.717) is 11.1 Å². The molecule has 1 aromatic rings. The number of carboxylic acid groups (broad SMARTS) is 1. The second kappa shape index (κ2) is 4.71. The van der Waals surface area contributed by atoms with E-state index in [1.54, 1.807) is 6.07 Å². The molecule has 17 heavy (non-hydrogen) atoms. The van der Waals surface area contributed by atoms with E-state index in [4.69, 9.17) is 5.11 Å². The highest BCUT2D eigenvalue weighted by Gasteiger charge is 2.22.